The first-order chi connectivity index (χ1) is 9.72. The van der Waals surface area contributed by atoms with E-state index >= 15 is 0 Å². The molecule has 6 nitrogen and oxygen atoms in total. The zero-order valence-corrected chi connectivity index (χ0v) is 10.6. The fourth-order valence-electron chi connectivity index (χ4n) is 1.83. The number of anilines is 2. The van der Waals surface area contributed by atoms with Crippen LogP contribution in [0.25, 0.3) is 0 Å². The first-order valence-corrected chi connectivity index (χ1v) is 6.13. The highest BCUT2D eigenvalue weighted by molar-refractivity contribution is 5.94. The lowest BCUT2D eigenvalue weighted by atomic mass is 10.2. The highest BCUT2D eigenvalue weighted by atomic mass is 16.6. The number of rotatable bonds is 2. The standard InChI is InChI=1S/C14H13N3O3/c15-9-5-6-13(16-7-9)17-14(18)12-8-19-10-3-1-2-4-11(10)20-12/h1-7,12H,8,15H2,(H,16,17,18). The van der Waals surface area contributed by atoms with Crippen LogP contribution in [0, 0.1) is 0 Å². The van der Waals surface area contributed by atoms with Crippen LogP contribution in [-0.2, 0) is 4.79 Å². The maximum absolute atomic E-state index is 12.1. The third-order valence-electron chi connectivity index (χ3n) is 2.84. The van der Waals surface area contributed by atoms with Crippen molar-refractivity contribution < 1.29 is 14.3 Å². The lowest BCUT2D eigenvalue weighted by Gasteiger charge is -2.25. The first kappa shape index (κ1) is 12.3. The van der Waals surface area contributed by atoms with Gasteiger partial charge in [-0.1, -0.05) is 12.1 Å². The van der Waals surface area contributed by atoms with Gasteiger partial charge in [0.1, 0.15) is 12.4 Å². The molecule has 102 valence electrons. The number of benzene rings is 1. The van der Waals surface area contributed by atoms with Crippen molar-refractivity contribution in [1.82, 2.24) is 4.98 Å². The van der Waals surface area contributed by atoms with Crippen molar-refractivity contribution in [1.29, 1.82) is 0 Å². The Hall–Kier alpha value is -2.76. The lowest BCUT2D eigenvalue weighted by molar-refractivity contribution is -0.125. The van der Waals surface area contributed by atoms with E-state index in [2.05, 4.69) is 10.3 Å². The van der Waals surface area contributed by atoms with Crippen LogP contribution in [0.1, 0.15) is 0 Å². The molecule has 20 heavy (non-hydrogen) atoms. The molecule has 0 saturated heterocycles. The van der Waals surface area contributed by atoms with Crippen LogP contribution < -0.4 is 20.5 Å². The van der Waals surface area contributed by atoms with E-state index in [0.717, 1.165) is 0 Å². The number of hydrogen-bond acceptors (Lipinski definition) is 5. The highest BCUT2D eigenvalue weighted by Crippen LogP contribution is 2.31. The summed E-state index contributed by atoms with van der Waals surface area (Å²) in [6, 6.07) is 10.5. The van der Waals surface area contributed by atoms with Crippen molar-refractivity contribution in [3.63, 3.8) is 0 Å². The van der Waals surface area contributed by atoms with Crippen molar-refractivity contribution in [3.8, 4) is 11.5 Å². The van der Waals surface area contributed by atoms with Crippen LogP contribution in [0.15, 0.2) is 42.6 Å². The summed E-state index contributed by atoms with van der Waals surface area (Å²) in [5.74, 6) is 1.31. The molecule has 0 bridgehead atoms. The summed E-state index contributed by atoms with van der Waals surface area (Å²) in [5, 5.41) is 2.66. The Balaban J connectivity index is 1.68. The molecular weight excluding hydrogens is 258 g/mol. The Morgan fingerprint density at radius 2 is 2.05 bits per heavy atom. The molecule has 0 radical (unpaired) electrons. The number of para-hydroxylation sites is 2. The summed E-state index contributed by atoms with van der Waals surface area (Å²) in [7, 11) is 0. The molecule has 1 aliphatic rings. The number of carbonyl (C=O) groups excluding carboxylic acids is 1. The third-order valence-corrected chi connectivity index (χ3v) is 2.84. The molecule has 0 aliphatic carbocycles. The van der Waals surface area contributed by atoms with Crippen LogP contribution >= 0.6 is 0 Å². The maximum atomic E-state index is 12.1. The van der Waals surface area contributed by atoms with E-state index < -0.39 is 6.10 Å². The Morgan fingerprint density at radius 1 is 1.25 bits per heavy atom. The zero-order chi connectivity index (χ0) is 13.9. The van der Waals surface area contributed by atoms with E-state index in [9.17, 15) is 4.79 Å². The SMILES string of the molecule is Nc1ccc(NC(=O)C2COc3ccccc3O2)nc1. The van der Waals surface area contributed by atoms with Crippen molar-refractivity contribution in [3.05, 3.63) is 42.6 Å². The average molecular weight is 271 g/mol. The second kappa shape index (κ2) is 5.08. The van der Waals surface area contributed by atoms with E-state index in [-0.39, 0.29) is 12.5 Å². The van der Waals surface area contributed by atoms with Crippen molar-refractivity contribution in [2.24, 2.45) is 0 Å². The van der Waals surface area contributed by atoms with Crippen molar-refractivity contribution in [2.75, 3.05) is 17.7 Å². The predicted molar refractivity (Wildman–Crippen MR) is 73.6 cm³/mol. The minimum absolute atomic E-state index is 0.165. The molecule has 1 unspecified atom stereocenters. The molecular formula is C14H13N3O3. The average Bonchev–Trinajstić information content (AvgIpc) is 2.49. The predicted octanol–water partition coefficient (Wildman–Crippen LogP) is 1.44. The fraction of sp³-hybridized carbons (Fsp3) is 0.143. The monoisotopic (exact) mass is 271 g/mol. The molecule has 3 rings (SSSR count). The second-order valence-corrected chi connectivity index (χ2v) is 4.33. The topological polar surface area (TPSA) is 86.5 Å². The first-order valence-electron chi connectivity index (χ1n) is 6.13. The molecule has 3 N–H and O–H groups in total. The minimum Gasteiger partial charge on any atom is -0.485 e. The van der Waals surface area contributed by atoms with Crippen LogP contribution in [0.2, 0.25) is 0 Å². The second-order valence-electron chi connectivity index (χ2n) is 4.33. The van der Waals surface area contributed by atoms with Gasteiger partial charge in [-0.15, -0.1) is 0 Å². The number of nitrogen functional groups attached to an aromatic ring is 1. The number of aromatic nitrogens is 1. The molecule has 1 aromatic carbocycles. The third kappa shape index (κ3) is 2.49. The number of nitrogens with zero attached hydrogens (tertiary/aromatic N) is 1. The molecule has 2 heterocycles. The Morgan fingerprint density at radius 3 is 2.80 bits per heavy atom. The highest BCUT2D eigenvalue weighted by Gasteiger charge is 2.27. The molecule has 0 saturated carbocycles. The summed E-state index contributed by atoms with van der Waals surface area (Å²) in [6.45, 7) is 0.165. The smallest absolute Gasteiger partial charge is 0.270 e. The molecule has 1 aliphatic heterocycles. The maximum Gasteiger partial charge on any atom is 0.270 e. The van der Waals surface area contributed by atoms with Gasteiger partial charge >= 0.3 is 0 Å². The molecule has 1 aromatic heterocycles. The number of nitrogens with two attached hydrogens (primary N) is 1. The van der Waals surface area contributed by atoms with E-state index in [1.54, 1.807) is 24.3 Å². The Bertz CT molecular complexity index is 628. The van der Waals surface area contributed by atoms with Gasteiger partial charge in [-0.05, 0) is 24.3 Å². The van der Waals surface area contributed by atoms with Gasteiger partial charge in [-0.25, -0.2) is 4.98 Å². The molecule has 2 aromatic rings. The quantitative estimate of drug-likeness (QED) is 0.863. The molecule has 6 heteroatoms. The van der Waals surface area contributed by atoms with Gasteiger partial charge < -0.3 is 20.5 Å². The van der Waals surface area contributed by atoms with Gasteiger partial charge in [0.05, 0.1) is 11.9 Å². The van der Waals surface area contributed by atoms with Gasteiger partial charge in [-0.2, -0.15) is 0 Å². The number of carbonyl (C=O) groups is 1. The lowest BCUT2D eigenvalue weighted by Crippen LogP contribution is -2.40. The van der Waals surface area contributed by atoms with E-state index in [1.165, 1.54) is 6.20 Å². The fourth-order valence-corrected chi connectivity index (χ4v) is 1.83. The number of pyridine rings is 1. The van der Waals surface area contributed by atoms with Gasteiger partial charge in [0.2, 0.25) is 6.10 Å². The van der Waals surface area contributed by atoms with Gasteiger partial charge in [0.25, 0.3) is 5.91 Å². The van der Waals surface area contributed by atoms with Gasteiger partial charge in [-0.3, -0.25) is 4.79 Å². The van der Waals surface area contributed by atoms with Crippen molar-refractivity contribution in [2.45, 2.75) is 6.10 Å². The van der Waals surface area contributed by atoms with E-state index in [0.29, 0.717) is 23.0 Å². The summed E-state index contributed by atoms with van der Waals surface area (Å²) in [6.07, 6.45) is 0.771. The molecule has 0 fully saturated rings. The minimum atomic E-state index is -0.704. The van der Waals surface area contributed by atoms with Crippen LogP contribution in [0.4, 0.5) is 11.5 Å². The van der Waals surface area contributed by atoms with Crippen LogP contribution in [0.5, 0.6) is 11.5 Å². The Kier molecular flexibility index (Phi) is 3.12. The summed E-state index contributed by atoms with van der Waals surface area (Å²) in [5.41, 5.74) is 6.07. The summed E-state index contributed by atoms with van der Waals surface area (Å²) in [4.78, 5) is 16.1. The number of nitrogens with one attached hydrogen (secondary N) is 1. The van der Waals surface area contributed by atoms with E-state index in [4.69, 9.17) is 15.2 Å². The number of hydrogen-bond donors (Lipinski definition) is 2. The number of fused-ring (bicyclic) bond motifs is 1. The molecule has 1 atom stereocenters. The normalized spacial score (nSPS) is 16.5. The number of ether oxygens (including phenoxy) is 2. The Labute approximate surface area is 115 Å². The summed E-state index contributed by atoms with van der Waals surface area (Å²) < 4.78 is 11.1. The molecule has 0 spiro atoms. The molecule has 1 amide bonds. The summed E-state index contributed by atoms with van der Waals surface area (Å²) >= 11 is 0. The largest absolute Gasteiger partial charge is 0.485 e. The van der Waals surface area contributed by atoms with Crippen molar-refractivity contribution >= 4 is 17.4 Å². The van der Waals surface area contributed by atoms with Gasteiger partial charge in [0.15, 0.2) is 11.5 Å². The zero-order valence-electron chi connectivity index (χ0n) is 10.6. The van der Waals surface area contributed by atoms with Crippen LogP contribution in [-0.4, -0.2) is 23.6 Å². The van der Waals surface area contributed by atoms with Gasteiger partial charge in [0, 0.05) is 0 Å². The van der Waals surface area contributed by atoms with E-state index in [1.807, 2.05) is 12.1 Å². The number of amides is 1. The van der Waals surface area contributed by atoms with Crippen LogP contribution in [0.3, 0.4) is 0 Å².